The zero-order valence-corrected chi connectivity index (χ0v) is 14.2. The van der Waals surface area contributed by atoms with E-state index in [4.69, 9.17) is 25.8 Å². The number of nitrogens with zero attached hydrogens (tertiary/aromatic N) is 1. The van der Waals surface area contributed by atoms with Crippen LogP contribution >= 0.6 is 22.9 Å². The van der Waals surface area contributed by atoms with Crippen LogP contribution in [-0.2, 0) is 4.74 Å². The first-order valence-corrected chi connectivity index (χ1v) is 8.63. The van der Waals surface area contributed by atoms with Crippen LogP contribution in [0.1, 0.15) is 9.67 Å². The van der Waals surface area contributed by atoms with E-state index in [0.717, 1.165) is 5.56 Å². The molecule has 2 aliphatic heterocycles. The quantitative estimate of drug-likeness (QED) is 0.883. The average molecular weight is 368 g/mol. The number of halogens is 1. The summed E-state index contributed by atoms with van der Waals surface area (Å²) in [5, 5.41) is 10.5. The van der Waals surface area contributed by atoms with E-state index in [0.29, 0.717) is 42.7 Å². The van der Waals surface area contributed by atoms with Gasteiger partial charge in [-0.25, -0.2) is 0 Å². The number of hydrogen-bond donors (Lipinski definition) is 1. The average Bonchev–Trinajstić information content (AvgIpc) is 3.20. The molecule has 0 aliphatic carbocycles. The van der Waals surface area contributed by atoms with Crippen molar-refractivity contribution in [1.29, 1.82) is 0 Å². The molecule has 1 amide bonds. The molecule has 1 saturated heterocycles. The molecule has 2 aliphatic rings. The second kappa shape index (κ2) is 6.16. The molecule has 0 saturated carbocycles. The first kappa shape index (κ1) is 15.6. The highest BCUT2D eigenvalue weighted by atomic mass is 35.5. The smallest absolute Gasteiger partial charge is 0.267 e. The summed E-state index contributed by atoms with van der Waals surface area (Å²) in [5.74, 6) is 0.887. The van der Waals surface area contributed by atoms with Crippen molar-refractivity contribution in [3.05, 3.63) is 28.1 Å². The summed E-state index contributed by atoms with van der Waals surface area (Å²) in [4.78, 5) is 15.2. The zero-order chi connectivity index (χ0) is 16.7. The molecule has 1 aromatic carbocycles. The van der Waals surface area contributed by atoms with Gasteiger partial charge in [-0.3, -0.25) is 4.79 Å². The first-order chi connectivity index (χ1) is 11.6. The summed E-state index contributed by atoms with van der Waals surface area (Å²) < 4.78 is 15.9. The number of amides is 1. The molecule has 3 heterocycles. The van der Waals surface area contributed by atoms with Crippen LogP contribution in [0.15, 0.2) is 18.2 Å². The number of ether oxygens (including phenoxy) is 3. The Kier molecular flexibility index (Phi) is 3.99. The van der Waals surface area contributed by atoms with Crippen LogP contribution in [0.3, 0.4) is 0 Å². The van der Waals surface area contributed by atoms with Gasteiger partial charge in [-0.1, -0.05) is 11.6 Å². The Morgan fingerprint density at radius 1 is 1.21 bits per heavy atom. The van der Waals surface area contributed by atoms with E-state index in [1.54, 1.807) is 17.0 Å². The molecule has 8 heteroatoms. The number of carbonyl (C=O) groups is 1. The van der Waals surface area contributed by atoms with Crippen LogP contribution in [0, 0.1) is 0 Å². The molecule has 0 spiro atoms. The lowest BCUT2D eigenvalue weighted by atomic mass is 10.1. The van der Waals surface area contributed by atoms with Crippen LogP contribution < -0.4 is 9.47 Å². The molecule has 0 atom stereocenters. The minimum absolute atomic E-state index is 0.175. The summed E-state index contributed by atoms with van der Waals surface area (Å²) in [7, 11) is 0. The Labute approximate surface area is 147 Å². The molecule has 2 aromatic rings. The van der Waals surface area contributed by atoms with Crippen LogP contribution in [0.4, 0.5) is 0 Å². The number of thiophene rings is 1. The maximum atomic E-state index is 12.6. The van der Waals surface area contributed by atoms with Crippen molar-refractivity contribution in [2.75, 3.05) is 33.1 Å². The SMILES string of the molecule is O=C(c1sc(-c2ccc3c(c2)OCO3)c(Cl)c1O)N1CCOCC1. The molecular formula is C16H14ClNO5S. The number of carbonyl (C=O) groups excluding carboxylic acids is 1. The van der Waals surface area contributed by atoms with Crippen LogP contribution in [-0.4, -0.2) is 49.0 Å². The Morgan fingerprint density at radius 3 is 2.75 bits per heavy atom. The van der Waals surface area contributed by atoms with Crippen LogP contribution in [0.5, 0.6) is 17.2 Å². The van der Waals surface area contributed by atoms with Crippen molar-refractivity contribution < 1.29 is 24.1 Å². The van der Waals surface area contributed by atoms with Crippen molar-refractivity contribution in [2.24, 2.45) is 0 Å². The monoisotopic (exact) mass is 367 g/mol. The maximum Gasteiger partial charge on any atom is 0.267 e. The Morgan fingerprint density at radius 2 is 1.96 bits per heavy atom. The first-order valence-electron chi connectivity index (χ1n) is 7.43. The normalized spacial score (nSPS) is 16.5. The van der Waals surface area contributed by atoms with Crippen molar-refractivity contribution in [3.63, 3.8) is 0 Å². The van der Waals surface area contributed by atoms with E-state index >= 15 is 0 Å². The predicted molar refractivity (Wildman–Crippen MR) is 89.3 cm³/mol. The van der Waals surface area contributed by atoms with E-state index < -0.39 is 0 Å². The molecule has 0 unspecified atom stereocenters. The number of aromatic hydroxyl groups is 1. The minimum Gasteiger partial charge on any atom is -0.505 e. The van der Waals surface area contributed by atoms with E-state index in [9.17, 15) is 9.90 Å². The van der Waals surface area contributed by atoms with Gasteiger partial charge in [-0.2, -0.15) is 0 Å². The Bertz CT molecular complexity index is 800. The van der Waals surface area contributed by atoms with Gasteiger partial charge < -0.3 is 24.2 Å². The van der Waals surface area contributed by atoms with Crippen molar-refractivity contribution >= 4 is 28.8 Å². The van der Waals surface area contributed by atoms with E-state index in [2.05, 4.69) is 0 Å². The molecule has 6 nitrogen and oxygen atoms in total. The number of morpholine rings is 1. The lowest BCUT2D eigenvalue weighted by molar-refractivity contribution is 0.0304. The summed E-state index contributed by atoms with van der Waals surface area (Å²) in [6.07, 6.45) is 0. The molecule has 1 fully saturated rings. The second-order valence-corrected chi connectivity index (χ2v) is 6.79. The van der Waals surface area contributed by atoms with Crippen molar-refractivity contribution in [3.8, 4) is 27.7 Å². The second-order valence-electron chi connectivity index (χ2n) is 5.40. The number of rotatable bonds is 2. The molecule has 126 valence electrons. The molecule has 1 N–H and O–H groups in total. The Balaban J connectivity index is 1.69. The molecular weight excluding hydrogens is 354 g/mol. The van der Waals surface area contributed by atoms with Gasteiger partial charge >= 0.3 is 0 Å². The third kappa shape index (κ3) is 2.58. The third-order valence-electron chi connectivity index (χ3n) is 3.95. The number of hydrogen-bond acceptors (Lipinski definition) is 6. The predicted octanol–water partition coefficient (Wildman–Crippen LogP) is 2.98. The van der Waals surface area contributed by atoms with Gasteiger partial charge in [0.2, 0.25) is 6.79 Å². The molecule has 4 rings (SSSR count). The van der Waals surface area contributed by atoms with E-state index in [-0.39, 0.29) is 28.3 Å². The lowest BCUT2D eigenvalue weighted by Gasteiger charge is -2.26. The van der Waals surface area contributed by atoms with Gasteiger partial charge in [-0.05, 0) is 23.8 Å². The van der Waals surface area contributed by atoms with Crippen molar-refractivity contribution in [1.82, 2.24) is 4.90 Å². The van der Waals surface area contributed by atoms with Gasteiger partial charge in [0.05, 0.1) is 18.1 Å². The van der Waals surface area contributed by atoms with Gasteiger partial charge in [0.1, 0.15) is 9.90 Å². The summed E-state index contributed by atoms with van der Waals surface area (Å²) in [6, 6.07) is 5.41. The topological polar surface area (TPSA) is 68.2 Å². The van der Waals surface area contributed by atoms with Crippen molar-refractivity contribution in [2.45, 2.75) is 0 Å². The van der Waals surface area contributed by atoms with Gasteiger partial charge in [-0.15, -0.1) is 11.3 Å². The Hall–Kier alpha value is -1.96. The highest BCUT2D eigenvalue weighted by Crippen LogP contribution is 2.47. The fraction of sp³-hybridized carbons (Fsp3) is 0.312. The van der Waals surface area contributed by atoms with Gasteiger partial charge in [0.15, 0.2) is 17.2 Å². The van der Waals surface area contributed by atoms with E-state index in [1.807, 2.05) is 6.07 Å². The van der Waals surface area contributed by atoms with Crippen LogP contribution in [0.25, 0.3) is 10.4 Å². The molecule has 24 heavy (non-hydrogen) atoms. The number of fused-ring (bicyclic) bond motifs is 1. The summed E-state index contributed by atoms with van der Waals surface area (Å²) >= 11 is 7.45. The highest BCUT2D eigenvalue weighted by Gasteiger charge is 2.27. The van der Waals surface area contributed by atoms with Gasteiger partial charge in [0.25, 0.3) is 5.91 Å². The maximum absolute atomic E-state index is 12.6. The third-order valence-corrected chi connectivity index (χ3v) is 5.65. The van der Waals surface area contributed by atoms with E-state index in [1.165, 1.54) is 11.3 Å². The molecule has 1 aromatic heterocycles. The lowest BCUT2D eigenvalue weighted by Crippen LogP contribution is -2.40. The van der Waals surface area contributed by atoms with Gasteiger partial charge in [0, 0.05) is 13.1 Å². The molecule has 0 radical (unpaired) electrons. The highest BCUT2D eigenvalue weighted by molar-refractivity contribution is 7.18. The minimum atomic E-state index is -0.227. The fourth-order valence-electron chi connectivity index (χ4n) is 2.68. The summed E-state index contributed by atoms with van der Waals surface area (Å²) in [6.45, 7) is 2.20. The zero-order valence-electron chi connectivity index (χ0n) is 12.6. The number of benzene rings is 1. The summed E-state index contributed by atoms with van der Waals surface area (Å²) in [5.41, 5.74) is 0.769. The fourth-order valence-corrected chi connectivity index (χ4v) is 4.11. The largest absolute Gasteiger partial charge is 0.505 e. The standard InChI is InChI=1S/C16H14ClNO5S/c17-12-13(19)15(16(20)18-3-5-21-6-4-18)24-14(12)9-1-2-10-11(7-9)23-8-22-10/h1-2,7,19H,3-6,8H2. The molecule has 0 bridgehead atoms. The van der Waals surface area contributed by atoms with Crippen LogP contribution in [0.2, 0.25) is 5.02 Å².